The van der Waals surface area contributed by atoms with Gasteiger partial charge in [0.25, 0.3) is 5.91 Å². The van der Waals surface area contributed by atoms with Crippen LogP contribution in [0.4, 0.5) is 5.13 Å². The molecule has 1 aliphatic rings. The molecule has 1 aromatic heterocycles. The Bertz CT molecular complexity index is 1320. The number of hydrogen-bond acceptors (Lipinski definition) is 6. The Balaban J connectivity index is 0.00000289. The zero-order valence-electron chi connectivity index (χ0n) is 20.0. The number of carbonyl (C=O) groups is 1. The molecule has 0 N–H and O–H groups in total. The lowest BCUT2D eigenvalue weighted by Crippen LogP contribution is -2.44. The molecule has 0 bridgehead atoms. The third kappa shape index (κ3) is 5.76. The van der Waals surface area contributed by atoms with Gasteiger partial charge in [0.05, 0.1) is 23.4 Å². The molecule has 1 fully saturated rings. The number of fused-ring (bicyclic) bond motifs is 2. The van der Waals surface area contributed by atoms with Gasteiger partial charge in [-0.05, 0) is 53.9 Å². The molecule has 0 aliphatic carbocycles. The lowest BCUT2D eigenvalue weighted by atomic mass is 10.1. The number of aromatic nitrogens is 1. The van der Waals surface area contributed by atoms with E-state index in [-0.39, 0.29) is 24.9 Å². The van der Waals surface area contributed by atoms with E-state index in [4.69, 9.17) is 14.5 Å². The molecule has 1 amide bonds. The maximum absolute atomic E-state index is 13.4. The van der Waals surface area contributed by atoms with E-state index in [1.54, 1.807) is 16.2 Å². The molecule has 8 heteroatoms. The molecule has 1 aliphatic heterocycles. The molecule has 0 unspecified atom stereocenters. The Morgan fingerprint density at radius 1 is 1.09 bits per heavy atom. The van der Waals surface area contributed by atoms with Crippen LogP contribution in [0.5, 0.6) is 5.75 Å². The highest BCUT2D eigenvalue weighted by atomic mass is 35.5. The molecular weight excluding hydrogens is 482 g/mol. The van der Waals surface area contributed by atoms with Crippen molar-refractivity contribution in [1.82, 2.24) is 9.88 Å². The van der Waals surface area contributed by atoms with Gasteiger partial charge in [0.1, 0.15) is 5.75 Å². The molecule has 2 heterocycles. The monoisotopic (exact) mass is 511 g/mol. The first kappa shape index (κ1) is 25.4. The SMILES string of the molecule is Cc1ccc2sc(N(CCN3CCOCC3)C(=O)COc3ccc4ccccc4c3)nc2c1C.Cl. The van der Waals surface area contributed by atoms with Gasteiger partial charge in [-0.15, -0.1) is 12.4 Å². The third-order valence-electron chi connectivity index (χ3n) is 6.43. The molecule has 4 aromatic rings. The topological polar surface area (TPSA) is 54.9 Å². The fraction of sp³-hybridized carbons (Fsp3) is 0.333. The van der Waals surface area contributed by atoms with Crippen LogP contribution in [0.2, 0.25) is 0 Å². The van der Waals surface area contributed by atoms with Gasteiger partial charge < -0.3 is 9.47 Å². The summed E-state index contributed by atoms with van der Waals surface area (Å²) in [4.78, 5) is 22.4. The fourth-order valence-electron chi connectivity index (χ4n) is 4.20. The van der Waals surface area contributed by atoms with E-state index in [0.29, 0.717) is 12.3 Å². The second-order valence-electron chi connectivity index (χ2n) is 8.65. The van der Waals surface area contributed by atoms with Crippen molar-refractivity contribution in [3.63, 3.8) is 0 Å². The smallest absolute Gasteiger partial charge is 0.266 e. The molecule has 0 spiro atoms. The van der Waals surface area contributed by atoms with Gasteiger partial charge in [0.15, 0.2) is 11.7 Å². The number of anilines is 1. The maximum atomic E-state index is 13.4. The predicted octanol–water partition coefficient (Wildman–Crippen LogP) is 5.23. The molecule has 0 atom stereocenters. The van der Waals surface area contributed by atoms with E-state index in [1.807, 2.05) is 36.4 Å². The highest BCUT2D eigenvalue weighted by Crippen LogP contribution is 2.32. The first-order valence-electron chi connectivity index (χ1n) is 11.7. The summed E-state index contributed by atoms with van der Waals surface area (Å²) in [6.45, 7) is 8.72. The third-order valence-corrected chi connectivity index (χ3v) is 7.48. The molecule has 6 nitrogen and oxygen atoms in total. The zero-order chi connectivity index (χ0) is 23.5. The Morgan fingerprint density at radius 2 is 1.86 bits per heavy atom. The van der Waals surface area contributed by atoms with Crippen LogP contribution in [0, 0.1) is 13.8 Å². The summed E-state index contributed by atoms with van der Waals surface area (Å²) < 4.78 is 12.5. The summed E-state index contributed by atoms with van der Waals surface area (Å²) in [5, 5.41) is 2.96. The number of hydrogen-bond donors (Lipinski definition) is 0. The van der Waals surface area contributed by atoms with E-state index in [2.05, 4.69) is 36.9 Å². The van der Waals surface area contributed by atoms with E-state index >= 15 is 0 Å². The number of nitrogens with zero attached hydrogens (tertiary/aromatic N) is 3. The Morgan fingerprint density at radius 3 is 2.66 bits per heavy atom. The zero-order valence-corrected chi connectivity index (χ0v) is 21.7. The average Bonchev–Trinajstić information content (AvgIpc) is 3.30. The standard InChI is InChI=1S/C27H29N3O3S.ClH/c1-19-7-10-24-26(20(19)2)28-27(34-24)30(12-11-29-13-15-32-16-14-29)25(31)18-33-23-9-8-21-5-3-4-6-22(21)17-23;/h3-10,17H,11-16,18H2,1-2H3;1H. The van der Waals surface area contributed by atoms with Crippen LogP contribution in [0.3, 0.4) is 0 Å². The number of thiazole rings is 1. The van der Waals surface area contributed by atoms with Crippen molar-refractivity contribution < 1.29 is 14.3 Å². The van der Waals surface area contributed by atoms with E-state index in [9.17, 15) is 4.79 Å². The van der Waals surface area contributed by atoms with Crippen molar-refractivity contribution in [3.05, 3.63) is 65.7 Å². The molecule has 184 valence electrons. The van der Waals surface area contributed by atoms with Gasteiger partial charge in [-0.25, -0.2) is 4.98 Å². The lowest BCUT2D eigenvalue weighted by molar-refractivity contribution is -0.120. The highest BCUT2D eigenvalue weighted by Gasteiger charge is 2.23. The Labute approximate surface area is 215 Å². The molecule has 3 aromatic carbocycles. The van der Waals surface area contributed by atoms with Crippen molar-refractivity contribution in [3.8, 4) is 5.75 Å². The van der Waals surface area contributed by atoms with Crippen LogP contribution in [-0.2, 0) is 9.53 Å². The minimum absolute atomic E-state index is 0. The van der Waals surface area contributed by atoms with Gasteiger partial charge >= 0.3 is 0 Å². The number of morpholine rings is 1. The Hall–Kier alpha value is -2.71. The highest BCUT2D eigenvalue weighted by molar-refractivity contribution is 7.22. The average molecular weight is 512 g/mol. The van der Waals surface area contributed by atoms with Crippen LogP contribution in [0.25, 0.3) is 21.0 Å². The van der Waals surface area contributed by atoms with Crippen molar-refractivity contribution in [1.29, 1.82) is 0 Å². The van der Waals surface area contributed by atoms with Crippen LogP contribution in [0.15, 0.2) is 54.6 Å². The molecule has 35 heavy (non-hydrogen) atoms. The molecule has 0 saturated carbocycles. The minimum atomic E-state index is -0.0881. The van der Waals surface area contributed by atoms with E-state index < -0.39 is 0 Å². The summed E-state index contributed by atoms with van der Waals surface area (Å²) in [7, 11) is 0. The van der Waals surface area contributed by atoms with Crippen molar-refractivity contribution in [2.75, 3.05) is 50.9 Å². The first-order chi connectivity index (χ1) is 16.6. The minimum Gasteiger partial charge on any atom is -0.484 e. The quantitative estimate of drug-likeness (QED) is 0.340. The second-order valence-corrected chi connectivity index (χ2v) is 9.66. The molecule has 0 radical (unpaired) electrons. The number of rotatable bonds is 7. The summed E-state index contributed by atoms with van der Waals surface area (Å²) in [6.07, 6.45) is 0. The second kappa shape index (κ2) is 11.4. The van der Waals surface area contributed by atoms with Gasteiger partial charge in [0.2, 0.25) is 0 Å². The van der Waals surface area contributed by atoms with Crippen molar-refractivity contribution in [2.24, 2.45) is 0 Å². The van der Waals surface area contributed by atoms with Gasteiger partial charge in [-0.2, -0.15) is 0 Å². The number of benzene rings is 3. The number of ether oxygens (including phenoxy) is 2. The van der Waals surface area contributed by atoms with Crippen LogP contribution in [0.1, 0.15) is 11.1 Å². The number of amides is 1. The summed E-state index contributed by atoms with van der Waals surface area (Å²) in [6, 6.07) is 18.2. The fourth-order valence-corrected chi connectivity index (χ4v) is 5.27. The summed E-state index contributed by atoms with van der Waals surface area (Å²) in [5.41, 5.74) is 3.34. The molecule has 1 saturated heterocycles. The summed E-state index contributed by atoms with van der Waals surface area (Å²) in [5.74, 6) is 0.603. The van der Waals surface area contributed by atoms with Crippen LogP contribution >= 0.6 is 23.7 Å². The van der Waals surface area contributed by atoms with Gasteiger partial charge in [-0.1, -0.05) is 47.7 Å². The van der Waals surface area contributed by atoms with Crippen LogP contribution < -0.4 is 9.64 Å². The Kier molecular flexibility index (Phi) is 8.23. The summed E-state index contributed by atoms with van der Waals surface area (Å²) >= 11 is 1.56. The predicted molar refractivity (Wildman–Crippen MR) is 145 cm³/mol. The first-order valence-corrected chi connectivity index (χ1v) is 12.5. The molecule has 5 rings (SSSR count). The largest absolute Gasteiger partial charge is 0.484 e. The number of carbonyl (C=O) groups excluding carboxylic acids is 1. The van der Waals surface area contributed by atoms with E-state index in [1.165, 1.54) is 5.56 Å². The molecular formula is C27H30ClN3O3S. The van der Waals surface area contributed by atoms with Gasteiger partial charge in [-0.3, -0.25) is 14.6 Å². The number of aryl methyl sites for hydroxylation is 2. The lowest BCUT2D eigenvalue weighted by Gasteiger charge is -2.29. The van der Waals surface area contributed by atoms with Crippen molar-refractivity contribution >= 4 is 55.8 Å². The number of halogens is 1. The maximum Gasteiger partial charge on any atom is 0.266 e. The van der Waals surface area contributed by atoms with E-state index in [0.717, 1.165) is 64.5 Å². The van der Waals surface area contributed by atoms with Crippen LogP contribution in [-0.4, -0.2) is 61.8 Å². The normalized spacial score (nSPS) is 14.1. The van der Waals surface area contributed by atoms with Crippen molar-refractivity contribution in [2.45, 2.75) is 13.8 Å². The van der Waals surface area contributed by atoms with Gasteiger partial charge in [0, 0.05) is 26.2 Å².